The Kier molecular flexibility index (Phi) is 5.87. The van der Waals surface area contributed by atoms with Crippen LogP contribution in [0, 0.1) is 0 Å². The molecule has 0 aliphatic carbocycles. The monoisotopic (exact) mass is 507 g/mol. The SMILES string of the molecule is CC1=NC2=C(C(N)N1c1ccc(C(F)(F)F)c(Cl)c1)N(c1c(Cl)cccc1Cl)C(N)S2. The van der Waals surface area contributed by atoms with Crippen LogP contribution in [0.15, 0.2) is 52.1 Å². The Morgan fingerprint density at radius 1 is 1.00 bits per heavy atom. The highest BCUT2D eigenvalue weighted by Gasteiger charge is 2.42. The third-order valence-corrected chi connectivity index (χ3v) is 6.75. The van der Waals surface area contributed by atoms with E-state index in [1.165, 1.54) is 23.9 Å². The van der Waals surface area contributed by atoms with E-state index in [4.69, 9.17) is 46.3 Å². The fourth-order valence-corrected chi connectivity index (χ4v) is 5.48. The molecule has 2 aromatic rings. The average molecular weight is 509 g/mol. The maximum absolute atomic E-state index is 13.1. The zero-order chi connectivity index (χ0) is 22.7. The number of aliphatic imine (C=N–C) groups is 1. The highest BCUT2D eigenvalue weighted by molar-refractivity contribution is 8.04. The van der Waals surface area contributed by atoms with Crippen molar-refractivity contribution in [3.63, 3.8) is 0 Å². The second-order valence-electron chi connectivity index (χ2n) is 6.77. The molecule has 0 fully saturated rings. The summed E-state index contributed by atoms with van der Waals surface area (Å²) in [5, 5.41) is 0.899. The molecule has 0 saturated carbocycles. The van der Waals surface area contributed by atoms with Crippen LogP contribution in [-0.2, 0) is 6.18 Å². The quantitative estimate of drug-likeness (QED) is 0.532. The Hall–Kier alpha value is -1.62. The van der Waals surface area contributed by atoms with Gasteiger partial charge in [0.25, 0.3) is 0 Å². The number of halogens is 6. The molecular formula is C19H15Cl3F3N5S. The fourth-order valence-electron chi connectivity index (χ4n) is 3.54. The van der Waals surface area contributed by atoms with E-state index in [-0.39, 0.29) is 0 Å². The maximum Gasteiger partial charge on any atom is 0.417 e. The number of thioether (sulfide) groups is 1. The van der Waals surface area contributed by atoms with Crippen LogP contribution < -0.4 is 21.3 Å². The van der Waals surface area contributed by atoms with E-state index in [2.05, 4.69) is 4.99 Å². The second-order valence-corrected chi connectivity index (χ2v) is 9.10. The van der Waals surface area contributed by atoms with Gasteiger partial charge >= 0.3 is 6.18 Å². The molecule has 2 aromatic carbocycles. The van der Waals surface area contributed by atoms with Crippen molar-refractivity contribution in [2.45, 2.75) is 24.8 Å². The summed E-state index contributed by atoms with van der Waals surface area (Å²) in [5.41, 5.74) is 12.8. The predicted octanol–water partition coefficient (Wildman–Crippen LogP) is 5.85. The van der Waals surface area contributed by atoms with E-state index in [9.17, 15) is 13.2 Å². The molecule has 2 unspecified atom stereocenters. The molecule has 2 heterocycles. The van der Waals surface area contributed by atoms with Gasteiger partial charge in [0.15, 0.2) is 0 Å². The number of amidine groups is 1. The summed E-state index contributed by atoms with van der Waals surface area (Å²) in [5.74, 6) is 0.480. The van der Waals surface area contributed by atoms with Crippen molar-refractivity contribution in [3.8, 4) is 0 Å². The first-order valence-corrected chi connectivity index (χ1v) is 10.9. The molecule has 0 saturated heterocycles. The number of hydrogen-bond acceptors (Lipinski definition) is 6. The van der Waals surface area contributed by atoms with Crippen molar-refractivity contribution in [2.24, 2.45) is 16.5 Å². The minimum atomic E-state index is -4.56. The smallest absolute Gasteiger partial charge is 0.311 e. The summed E-state index contributed by atoms with van der Waals surface area (Å²) in [4.78, 5) is 7.85. The lowest BCUT2D eigenvalue weighted by molar-refractivity contribution is -0.137. The number of hydrogen-bond donors (Lipinski definition) is 2. The van der Waals surface area contributed by atoms with Crippen molar-refractivity contribution in [2.75, 3.05) is 9.80 Å². The predicted molar refractivity (Wildman–Crippen MR) is 122 cm³/mol. The van der Waals surface area contributed by atoms with Gasteiger partial charge in [-0.2, -0.15) is 13.2 Å². The lowest BCUT2D eigenvalue weighted by atomic mass is 10.1. The highest BCUT2D eigenvalue weighted by atomic mass is 35.5. The lowest BCUT2D eigenvalue weighted by Gasteiger charge is -2.38. The van der Waals surface area contributed by atoms with E-state index in [0.29, 0.717) is 38.0 Å². The van der Waals surface area contributed by atoms with Gasteiger partial charge in [-0.25, -0.2) is 4.99 Å². The van der Waals surface area contributed by atoms with Crippen LogP contribution >= 0.6 is 46.6 Å². The summed E-state index contributed by atoms with van der Waals surface area (Å²) in [6.07, 6.45) is -5.39. The van der Waals surface area contributed by atoms with E-state index in [1.54, 1.807) is 34.9 Å². The maximum atomic E-state index is 13.1. The first-order valence-electron chi connectivity index (χ1n) is 8.87. The number of alkyl halides is 3. The second kappa shape index (κ2) is 8.06. The molecule has 2 atom stereocenters. The van der Waals surface area contributed by atoms with Crippen LogP contribution in [0.1, 0.15) is 12.5 Å². The van der Waals surface area contributed by atoms with Crippen molar-refractivity contribution in [1.29, 1.82) is 0 Å². The van der Waals surface area contributed by atoms with E-state index < -0.39 is 28.4 Å². The normalized spacial score (nSPS) is 21.5. The Balaban J connectivity index is 1.78. The standard InChI is InChI=1S/C19H15Cl3F3N5S/c1-8-28-17-15(30(18(27)31-17)14-11(20)3-2-4-12(14)21)16(26)29(8)9-5-6-10(13(22)7-9)19(23,24)25/h2-7,16,18H,26-27H2,1H3. The Morgan fingerprint density at radius 2 is 1.65 bits per heavy atom. The van der Waals surface area contributed by atoms with Gasteiger partial charge in [0.05, 0.1) is 32.0 Å². The topological polar surface area (TPSA) is 70.9 Å². The fraction of sp³-hybridized carbons (Fsp3) is 0.211. The minimum absolute atomic E-state index is 0.356. The summed E-state index contributed by atoms with van der Waals surface area (Å²) in [6.45, 7) is 1.70. The van der Waals surface area contributed by atoms with Gasteiger partial charge in [0.1, 0.15) is 22.5 Å². The van der Waals surface area contributed by atoms with Crippen molar-refractivity contribution < 1.29 is 13.2 Å². The molecule has 2 aliphatic rings. The molecule has 0 aromatic heterocycles. The molecular weight excluding hydrogens is 494 g/mol. The Labute approximate surface area is 195 Å². The zero-order valence-electron chi connectivity index (χ0n) is 15.8. The Morgan fingerprint density at radius 3 is 2.23 bits per heavy atom. The van der Waals surface area contributed by atoms with Crippen LogP contribution in [-0.4, -0.2) is 17.5 Å². The van der Waals surface area contributed by atoms with Gasteiger partial charge in [-0.15, -0.1) is 0 Å². The third-order valence-electron chi connectivity index (χ3n) is 4.85. The van der Waals surface area contributed by atoms with Crippen LogP contribution in [0.4, 0.5) is 24.5 Å². The molecule has 4 N–H and O–H groups in total. The number of benzene rings is 2. The number of rotatable bonds is 2. The van der Waals surface area contributed by atoms with Gasteiger partial charge in [-0.3, -0.25) is 0 Å². The van der Waals surface area contributed by atoms with Crippen molar-refractivity contribution in [3.05, 3.63) is 67.8 Å². The molecule has 12 heteroatoms. The first kappa shape index (κ1) is 22.6. The van der Waals surface area contributed by atoms with Gasteiger partial charge in [0, 0.05) is 5.69 Å². The molecule has 0 spiro atoms. The van der Waals surface area contributed by atoms with Crippen LogP contribution in [0.3, 0.4) is 0 Å². The molecule has 2 aliphatic heterocycles. The van der Waals surface area contributed by atoms with Crippen molar-refractivity contribution >= 4 is 63.8 Å². The molecule has 164 valence electrons. The first-order chi connectivity index (χ1) is 14.5. The van der Waals surface area contributed by atoms with Crippen molar-refractivity contribution in [1.82, 2.24) is 0 Å². The largest absolute Gasteiger partial charge is 0.417 e. The molecule has 0 amide bonds. The summed E-state index contributed by atoms with van der Waals surface area (Å²) < 4.78 is 39.3. The summed E-state index contributed by atoms with van der Waals surface area (Å²) >= 11 is 20.0. The number of nitrogens with two attached hydrogens (primary N) is 2. The molecule has 0 radical (unpaired) electrons. The molecule has 31 heavy (non-hydrogen) atoms. The number of anilines is 2. The average Bonchev–Trinajstić information content (AvgIpc) is 2.96. The van der Waals surface area contributed by atoms with Crippen LogP contribution in [0.2, 0.25) is 15.1 Å². The summed E-state index contributed by atoms with van der Waals surface area (Å²) in [6, 6.07) is 8.48. The van der Waals surface area contributed by atoms with Gasteiger partial charge in [-0.1, -0.05) is 52.6 Å². The Bertz CT molecular complexity index is 1100. The molecule has 0 bridgehead atoms. The van der Waals surface area contributed by atoms with E-state index in [0.717, 1.165) is 6.07 Å². The molecule has 5 nitrogen and oxygen atoms in total. The van der Waals surface area contributed by atoms with Gasteiger partial charge in [0.2, 0.25) is 0 Å². The van der Waals surface area contributed by atoms with Crippen LogP contribution in [0.25, 0.3) is 0 Å². The summed E-state index contributed by atoms with van der Waals surface area (Å²) in [7, 11) is 0. The number of para-hydroxylation sites is 1. The minimum Gasteiger partial charge on any atom is -0.311 e. The van der Waals surface area contributed by atoms with E-state index >= 15 is 0 Å². The zero-order valence-corrected chi connectivity index (χ0v) is 18.9. The lowest BCUT2D eigenvalue weighted by Crippen LogP contribution is -2.53. The van der Waals surface area contributed by atoms with Gasteiger partial charge in [-0.05, 0) is 37.3 Å². The van der Waals surface area contributed by atoms with Gasteiger partial charge < -0.3 is 21.3 Å². The highest BCUT2D eigenvalue weighted by Crippen LogP contribution is 2.48. The van der Waals surface area contributed by atoms with E-state index in [1.807, 2.05) is 0 Å². The third kappa shape index (κ3) is 3.88. The van der Waals surface area contributed by atoms with Crippen LogP contribution in [0.5, 0.6) is 0 Å². The number of nitrogens with zero attached hydrogens (tertiary/aromatic N) is 3. The molecule has 4 rings (SSSR count).